The SMILES string of the molecule is NC(=O)c1cccc2cn(-c3ccc([C@]4(C5=CCCC5)CCCNC4)cc3)nc12. The maximum Gasteiger partial charge on any atom is 0.250 e. The average molecular weight is 386 g/mol. The molecular formula is C24H26N4O. The summed E-state index contributed by atoms with van der Waals surface area (Å²) in [7, 11) is 0. The number of hydrogen-bond donors (Lipinski definition) is 2. The molecule has 1 fully saturated rings. The number of nitrogens with zero attached hydrogens (tertiary/aromatic N) is 2. The number of amides is 1. The lowest BCUT2D eigenvalue weighted by Gasteiger charge is -2.40. The second-order valence-corrected chi connectivity index (χ2v) is 8.21. The van der Waals surface area contributed by atoms with E-state index in [-0.39, 0.29) is 5.41 Å². The second-order valence-electron chi connectivity index (χ2n) is 8.21. The first kappa shape index (κ1) is 18.1. The van der Waals surface area contributed by atoms with Crippen molar-refractivity contribution in [2.45, 2.75) is 37.5 Å². The fourth-order valence-electron chi connectivity index (χ4n) is 5.03. The standard InChI is InChI=1S/C24H26N4O/c25-23(29)21-8-3-5-17-15-28(27-22(17)21)20-11-9-19(10-12-20)24(13-4-14-26-16-24)18-6-1-2-7-18/h3,5-6,8-12,15,26H,1-2,4,7,13-14,16H2,(H2,25,29)/t24-/m1/s1. The molecular weight excluding hydrogens is 360 g/mol. The summed E-state index contributed by atoms with van der Waals surface area (Å²) in [5.41, 5.74) is 10.7. The van der Waals surface area contributed by atoms with Crippen LogP contribution in [0.4, 0.5) is 0 Å². The molecule has 1 aliphatic carbocycles. The molecule has 0 saturated carbocycles. The predicted molar refractivity (Wildman–Crippen MR) is 115 cm³/mol. The van der Waals surface area contributed by atoms with Gasteiger partial charge in [0.15, 0.2) is 0 Å². The molecule has 1 amide bonds. The van der Waals surface area contributed by atoms with Crippen molar-refractivity contribution < 1.29 is 4.79 Å². The van der Waals surface area contributed by atoms with Gasteiger partial charge in [-0.25, -0.2) is 4.68 Å². The highest BCUT2D eigenvalue weighted by atomic mass is 16.1. The molecule has 1 aromatic heterocycles. The molecule has 0 bridgehead atoms. The van der Waals surface area contributed by atoms with Crippen LogP contribution in [0.25, 0.3) is 16.6 Å². The molecule has 0 radical (unpaired) electrons. The minimum atomic E-state index is -0.451. The van der Waals surface area contributed by atoms with Crippen LogP contribution in [0.3, 0.4) is 0 Å². The van der Waals surface area contributed by atoms with Crippen molar-refractivity contribution in [2.24, 2.45) is 5.73 Å². The Morgan fingerprint density at radius 3 is 2.69 bits per heavy atom. The van der Waals surface area contributed by atoms with Crippen LogP contribution < -0.4 is 11.1 Å². The molecule has 1 atom stereocenters. The molecule has 2 heterocycles. The molecule has 0 spiro atoms. The predicted octanol–water partition coefficient (Wildman–Crippen LogP) is 3.86. The Morgan fingerprint density at radius 1 is 1.14 bits per heavy atom. The van der Waals surface area contributed by atoms with Crippen LogP contribution in [0.1, 0.15) is 48.0 Å². The normalized spacial score (nSPS) is 22.0. The van der Waals surface area contributed by atoms with Crippen molar-refractivity contribution >= 4 is 16.8 Å². The summed E-state index contributed by atoms with van der Waals surface area (Å²) in [4.78, 5) is 11.7. The summed E-state index contributed by atoms with van der Waals surface area (Å²) in [5.74, 6) is -0.451. The number of carbonyl (C=O) groups excluding carboxylic acids is 1. The Bertz CT molecular complexity index is 1090. The summed E-state index contributed by atoms with van der Waals surface area (Å²) in [6, 6.07) is 14.3. The van der Waals surface area contributed by atoms with Crippen LogP contribution in [-0.4, -0.2) is 28.8 Å². The number of piperidine rings is 1. The minimum Gasteiger partial charge on any atom is -0.366 e. The summed E-state index contributed by atoms with van der Waals surface area (Å²) < 4.78 is 1.83. The van der Waals surface area contributed by atoms with E-state index < -0.39 is 5.91 Å². The highest BCUT2D eigenvalue weighted by Crippen LogP contribution is 2.43. The van der Waals surface area contributed by atoms with Gasteiger partial charge < -0.3 is 11.1 Å². The fraction of sp³-hybridized carbons (Fsp3) is 0.333. The van der Waals surface area contributed by atoms with Crippen molar-refractivity contribution in [3.05, 3.63) is 71.4 Å². The van der Waals surface area contributed by atoms with E-state index in [0.717, 1.165) is 24.2 Å². The van der Waals surface area contributed by atoms with E-state index in [2.05, 4.69) is 40.8 Å². The average Bonchev–Trinajstić information content (AvgIpc) is 3.44. The van der Waals surface area contributed by atoms with Crippen LogP contribution in [0.2, 0.25) is 0 Å². The van der Waals surface area contributed by atoms with Crippen LogP contribution in [0.15, 0.2) is 60.3 Å². The van der Waals surface area contributed by atoms with Gasteiger partial charge in [0.1, 0.15) is 5.52 Å². The van der Waals surface area contributed by atoms with E-state index in [1.54, 1.807) is 11.6 Å². The van der Waals surface area contributed by atoms with Crippen LogP contribution in [0.5, 0.6) is 0 Å². The zero-order valence-electron chi connectivity index (χ0n) is 16.5. The molecule has 5 nitrogen and oxygen atoms in total. The smallest absolute Gasteiger partial charge is 0.250 e. The maximum absolute atomic E-state index is 11.7. The number of rotatable bonds is 4. The molecule has 29 heavy (non-hydrogen) atoms. The molecule has 3 N–H and O–H groups in total. The van der Waals surface area contributed by atoms with Crippen molar-refractivity contribution in [2.75, 3.05) is 13.1 Å². The highest BCUT2D eigenvalue weighted by molar-refractivity contribution is 6.04. The molecule has 1 saturated heterocycles. The summed E-state index contributed by atoms with van der Waals surface area (Å²) >= 11 is 0. The molecule has 2 aliphatic rings. The van der Waals surface area contributed by atoms with Gasteiger partial charge in [0.25, 0.3) is 5.91 Å². The lowest BCUT2D eigenvalue weighted by atomic mass is 9.69. The number of hydrogen-bond acceptors (Lipinski definition) is 3. The Labute approximate surface area is 170 Å². The van der Waals surface area contributed by atoms with E-state index in [4.69, 9.17) is 5.73 Å². The molecule has 5 heteroatoms. The Morgan fingerprint density at radius 2 is 2.00 bits per heavy atom. The van der Waals surface area contributed by atoms with Crippen LogP contribution in [0, 0.1) is 0 Å². The quantitative estimate of drug-likeness (QED) is 0.669. The van der Waals surface area contributed by atoms with Gasteiger partial charge in [0.2, 0.25) is 0 Å². The molecule has 0 unspecified atom stereocenters. The Hall–Kier alpha value is -2.92. The number of nitrogens with one attached hydrogen (secondary N) is 1. The molecule has 1 aliphatic heterocycles. The molecule has 148 valence electrons. The molecule has 5 rings (SSSR count). The second kappa shape index (κ2) is 7.16. The van der Waals surface area contributed by atoms with Crippen molar-refractivity contribution in [1.29, 1.82) is 0 Å². The van der Waals surface area contributed by atoms with Crippen molar-refractivity contribution in [3.63, 3.8) is 0 Å². The minimum absolute atomic E-state index is 0.126. The Kier molecular flexibility index (Phi) is 4.47. The largest absolute Gasteiger partial charge is 0.366 e. The van der Waals surface area contributed by atoms with Gasteiger partial charge in [-0.05, 0) is 62.4 Å². The van der Waals surface area contributed by atoms with Crippen LogP contribution >= 0.6 is 0 Å². The number of fused-ring (bicyclic) bond motifs is 1. The topological polar surface area (TPSA) is 72.9 Å². The van der Waals surface area contributed by atoms with Gasteiger partial charge in [-0.3, -0.25) is 4.79 Å². The third-order valence-corrected chi connectivity index (χ3v) is 6.53. The van der Waals surface area contributed by atoms with E-state index in [9.17, 15) is 4.79 Å². The number of aromatic nitrogens is 2. The fourth-order valence-corrected chi connectivity index (χ4v) is 5.03. The van der Waals surface area contributed by atoms with Crippen LogP contribution in [-0.2, 0) is 5.41 Å². The highest BCUT2D eigenvalue weighted by Gasteiger charge is 2.38. The third-order valence-electron chi connectivity index (χ3n) is 6.53. The molecule has 2 aromatic carbocycles. The van der Waals surface area contributed by atoms with Crippen molar-refractivity contribution in [1.82, 2.24) is 15.1 Å². The van der Waals surface area contributed by atoms with E-state index >= 15 is 0 Å². The van der Waals surface area contributed by atoms with E-state index in [0.29, 0.717) is 11.1 Å². The van der Waals surface area contributed by atoms with Gasteiger partial charge in [0, 0.05) is 23.5 Å². The van der Waals surface area contributed by atoms with Gasteiger partial charge in [-0.1, -0.05) is 35.9 Å². The zero-order chi connectivity index (χ0) is 19.8. The first-order valence-corrected chi connectivity index (χ1v) is 10.5. The van der Waals surface area contributed by atoms with E-state index in [1.807, 2.05) is 23.0 Å². The third kappa shape index (κ3) is 3.06. The first-order valence-electron chi connectivity index (χ1n) is 10.5. The number of benzene rings is 2. The van der Waals surface area contributed by atoms with Gasteiger partial charge >= 0.3 is 0 Å². The number of primary amides is 1. The van der Waals surface area contributed by atoms with E-state index in [1.165, 1.54) is 37.7 Å². The zero-order valence-corrected chi connectivity index (χ0v) is 16.5. The summed E-state index contributed by atoms with van der Waals surface area (Å²) in [6.45, 7) is 2.13. The lowest BCUT2D eigenvalue weighted by Crippen LogP contribution is -2.44. The van der Waals surface area contributed by atoms with Gasteiger partial charge in [-0.2, -0.15) is 5.10 Å². The van der Waals surface area contributed by atoms with Gasteiger partial charge in [-0.15, -0.1) is 0 Å². The lowest BCUT2D eigenvalue weighted by molar-refractivity contribution is 0.100. The monoisotopic (exact) mass is 386 g/mol. The van der Waals surface area contributed by atoms with Gasteiger partial charge in [0.05, 0.1) is 11.3 Å². The summed E-state index contributed by atoms with van der Waals surface area (Å²) in [5, 5.41) is 9.17. The molecule has 3 aromatic rings. The summed E-state index contributed by atoms with van der Waals surface area (Å²) in [6.07, 6.45) is 10.5. The van der Waals surface area contributed by atoms with Crippen molar-refractivity contribution in [3.8, 4) is 5.69 Å². The number of allylic oxidation sites excluding steroid dienone is 1. The number of carbonyl (C=O) groups is 1. The first-order chi connectivity index (χ1) is 14.2. The number of nitrogens with two attached hydrogens (primary N) is 1. The maximum atomic E-state index is 11.7. The Balaban J connectivity index is 1.52.